The number of nitrogens with zero attached hydrogens (tertiary/aromatic N) is 2. The minimum absolute atomic E-state index is 0. The van der Waals surface area contributed by atoms with E-state index in [9.17, 15) is 4.79 Å². The van der Waals surface area contributed by atoms with Crippen LogP contribution in [0, 0.1) is 11.8 Å². The first-order valence-corrected chi connectivity index (χ1v) is 8.71. The van der Waals surface area contributed by atoms with E-state index < -0.39 is 0 Å². The maximum absolute atomic E-state index is 11.9. The van der Waals surface area contributed by atoms with E-state index >= 15 is 0 Å². The third kappa shape index (κ3) is 4.49. The van der Waals surface area contributed by atoms with Crippen LogP contribution in [0.5, 0.6) is 0 Å². The van der Waals surface area contributed by atoms with Crippen LogP contribution in [0.1, 0.15) is 19.6 Å². The van der Waals surface area contributed by atoms with Gasteiger partial charge in [-0.25, -0.2) is 4.99 Å². The molecule has 1 fully saturated rings. The van der Waals surface area contributed by atoms with Crippen LogP contribution in [-0.4, -0.2) is 43.6 Å². The molecule has 1 saturated heterocycles. The van der Waals surface area contributed by atoms with Crippen molar-refractivity contribution in [1.82, 2.24) is 10.2 Å². The lowest BCUT2D eigenvalue weighted by Gasteiger charge is -2.21. The van der Waals surface area contributed by atoms with Crippen molar-refractivity contribution in [3.8, 4) is 0 Å². The fourth-order valence-electron chi connectivity index (χ4n) is 3.29. The number of furan rings is 1. The van der Waals surface area contributed by atoms with Crippen molar-refractivity contribution < 1.29 is 13.9 Å². The summed E-state index contributed by atoms with van der Waals surface area (Å²) in [5, 5.41) is 4.39. The van der Waals surface area contributed by atoms with Gasteiger partial charge in [0.25, 0.3) is 0 Å². The molecule has 7 heteroatoms. The number of esters is 1. The Labute approximate surface area is 171 Å². The van der Waals surface area contributed by atoms with Gasteiger partial charge in [0.15, 0.2) is 5.96 Å². The van der Waals surface area contributed by atoms with Gasteiger partial charge >= 0.3 is 5.97 Å². The predicted octanol–water partition coefficient (Wildman–Crippen LogP) is 3.26. The molecule has 1 aliphatic heterocycles. The normalized spacial score (nSPS) is 20.1. The maximum atomic E-state index is 11.9. The molecule has 142 valence electrons. The lowest BCUT2D eigenvalue weighted by atomic mass is 9.99. The molecule has 1 aliphatic rings. The quantitative estimate of drug-likeness (QED) is 0.321. The highest BCUT2D eigenvalue weighted by Gasteiger charge is 2.36. The molecule has 0 spiro atoms. The fraction of sp³-hybridized carbons (Fsp3) is 0.474. The van der Waals surface area contributed by atoms with Crippen LogP contribution >= 0.6 is 24.0 Å². The molecule has 0 saturated carbocycles. The molecule has 1 aromatic carbocycles. The molecule has 0 aliphatic carbocycles. The zero-order valence-corrected chi connectivity index (χ0v) is 17.7. The Morgan fingerprint density at radius 1 is 1.38 bits per heavy atom. The minimum Gasteiger partial charge on any atom is -0.469 e. The van der Waals surface area contributed by atoms with Crippen molar-refractivity contribution in [1.29, 1.82) is 0 Å². The summed E-state index contributed by atoms with van der Waals surface area (Å²) in [6.07, 6.45) is 0. The zero-order chi connectivity index (χ0) is 17.8. The Morgan fingerprint density at radius 3 is 2.85 bits per heavy atom. The predicted molar refractivity (Wildman–Crippen MR) is 113 cm³/mol. The van der Waals surface area contributed by atoms with Crippen molar-refractivity contribution in [2.24, 2.45) is 16.8 Å². The second kappa shape index (κ2) is 9.25. The number of benzene rings is 1. The van der Waals surface area contributed by atoms with Crippen LogP contribution in [0.2, 0.25) is 0 Å². The molecule has 2 heterocycles. The van der Waals surface area contributed by atoms with Crippen molar-refractivity contribution in [2.75, 3.05) is 26.7 Å². The Kier molecular flexibility index (Phi) is 7.31. The number of para-hydroxylation sites is 1. The number of hydrogen-bond acceptors (Lipinski definition) is 4. The summed E-state index contributed by atoms with van der Waals surface area (Å²) in [5.74, 6) is 1.61. The maximum Gasteiger partial charge on any atom is 0.310 e. The molecule has 2 atom stereocenters. The van der Waals surface area contributed by atoms with Crippen molar-refractivity contribution >= 4 is 46.9 Å². The minimum atomic E-state index is -0.150. The molecule has 0 amide bonds. The highest BCUT2D eigenvalue weighted by atomic mass is 127. The number of nitrogens with one attached hydrogen (secondary N) is 1. The summed E-state index contributed by atoms with van der Waals surface area (Å²) in [6.45, 7) is 6.75. The first-order valence-electron chi connectivity index (χ1n) is 8.71. The fourth-order valence-corrected chi connectivity index (χ4v) is 3.29. The largest absolute Gasteiger partial charge is 0.469 e. The number of carbonyl (C=O) groups excluding carboxylic acids is 1. The number of halogens is 1. The Bertz CT molecular complexity index is 741. The average Bonchev–Trinajstić information content (AvgIpc) is 3.21. The van der Waals surface area contributed by atoms with E-state index in [4.69, 9.17) is 14.1 Å². The van der Waals surface area contributed by atoms with Gasteiger partial charge in [-0.05, 0) is 25.0 Å². The zero-order valence-electron chi connectivity index (χ0n) is 15.4. The van der Waals surface area contributed by atoms with Gasteiger partial charge in [0.05, 0.1) is 13.0 Å². The van der Waals surface area contributed by atoms with E-state index in [1.165, 1.54) is 7.11 Å². The van der Waals surface area contributed by atoms with Crippen LogP contribution in [0.3, 0.4) is 0 Å². The second-order valence-electron chi connectivity index (χ2n) is 6.43. The monoisotopic (exact) mass is 471 g/mol. The topological polar surface area (TPSA) is 67.1 Å². The van der Waals surface area contributed by atoms with Gasteiger partial charge in [0.2, 0.25) is 0 Å². The van der Waals surface area contributed by atoms with Crippen molar-refractivity contribution in [3.05, 3.63) is 36.1 Å². The molecule has 1 N–H and O–H groups in total. The number of rotatable bonds is 4. The standard InChI is InChI=1S/C19H25N3O3.HI/c1-4-20-19(22-11-13(2)16(12-22)18(23)24-3)21-10-15-9-14-7-5-6-8-17(14)25-15;/h5-9,13,16H,4,10-12H2,1-3H3,(H,20,21);1H. The van der Waals surface area contributed by atoms with Gasteiger partial charge in [0, 0.05) is 25.0 Å². The third-order valence-electron chi connectivity index (χ3n) is 4.61. The number of methoxy groups -OCH3 is 1. The molecule has 2 unspecified atom stereocenters. The molecule has 26 heavy (non-hydrogen) atoms. The molecule has 0 bridgehead atoms. The number of fused-ring (bicyclic) bond motifs is 1. The number of guanidine groups is 1. The Hall–Kier alpha value is -1.77. The lowest BCUT2D eigenvalue weighted by Crippen LogP contribution is -2.40. The van der Waals surface area contributed by atoms with E-state index in [0.29, 0.717) is 13.1 Å². The molecule has 6 nitrogen and oxygen atoms in total. The second-order valence-corrected chi connectivity index (χ2v) is 6.43. The van der Waals surface area contributed by atoms with Gasteiger partial charge in [-0.3, -0.25) is 4.79 Å². The summed E-state index contributed by atoms with van der Waals surface area (Å²) in [4.78, 5) is 18.7. The summed E-state index contributed by atoms with van der Waals surface area (Å²) < 4.78 is 10.7. The molecule has 0 radical (unpaired) electrons. The number of aliphatic imine (C=N–C) groups is 1. The molecule has 2 aromatic rings. The van der Waals surface area contributed by atoms with Gasteiger partial charge < -0.3 is 19.4 Å². The van der Waals surface area contributed by atoms with E-state index in [2.05, 4.69) is 17.1 Å². The highest BCUT2D eigenvalue weighted by Crippen LogP contribution is 2.24. The van der Waals surface area contributed by atoms with Gasteiger partial charge in [-0.2, -0.15) is 0 Å². The van der Waals surface area contributed by atoms with E-state index in [1.807, 2.05) is 37.3 Å². The third-order valence-corrected chi connectivity index (χ3v) is 4.61. The Morgan fingerprint density at radius 2 is 2.15 bits per heavy atom. The number of hydrogen-bond donors (Lipinski definition) is 1. The molecule has 3 rings (SSSR count). The first-order chi connectivity index (χ1) is 12.1. The average molecular weight is 471 g/mol. The molecular formula is C19H26IN3O3. The first kappa shape index (κ1) is 20.5. The van der Waals surface area contributed by atoms with E-state index in [-0.39, 0.29) is 41.8 Å². The summed E-state index contributed by atoms with van der Waals surface area (Å²) in [5.41, 5.74) is 0.873. The smallest absolute Gasteiger partial charge is 0.310 e. The van der Waals surface area contributed by atoms with Gasteiger partial charge in [0.1, 0.15) is 17.9 Å². The van der Waals surface area contributed by atoms with Gasteiger partial charge in [-0.15, -0.1) is 24.0 Å². The van der Waals surface area contributed by atoms with E-state index in [0.717, 1.165) is 35.8 Å². The van der Waals surface area contributed by atoms with Crippen LogP contribution in [0.15, 0.2) is 39.7 Å². The van der Waals surface area contributed by atoms with E-state index in [1.54, 1.807) is 0 Å². The molecule has 1 aromatic heterocycles. The summed E-state index contributed by atoms with van der Waals surface area (Å²) >= 11 is 0. The van der Waals surface area contributed by atoms with Crippen molar-refractivity contribution in [2.45, 2.75) is 20.4 Å². The van der Waals surface area contributed by atoms with Crippen LogP contribution in [0.4, 0.5) is 0 Å². The number of likely N-dealkylation sites (tertiary alicyclic amines) is 1. The highest BCUT2D eigenvalue weighted by molar-refractivity contribution is 14.0. The SMILES string of the molecule is CCNC(=NCc1cc2ccccc2o1)N1CC(C)C(C(=O)OC)C1.I. The van der Waals surface area contributed by atoms with Gasteiger partial charge in [-0.1, -0.05) is 25.1 Å². The van der Waals surface area contributed by atoms with Crippen LogP contribution in [-0.2, 0) is 16.1 Å². The summed E-state index contributed by atoms with van der Waals surface area (Å²) in [6, 6.07) is 9.96. The number of carbonyl (C=O) groups is 1. The summed E-state index contributed by atoms with van der Waals surface area (Å²) in [7, 11) is 1.44. The Balaban J connectivity index is 0.00000243. The number of ether oxygens (including phenoxy) is 1. The molecular weight excluding hydrogens is 445 g/mol. The van der Waals surface area contributed by atoms with Crippen LogP contribution < -0.4 is 5.32 Å². The lowest BCUT2D eigenvalue weighted by molar-refractivity contribution is -0.145. The van der Waals surface area contributed by atoms with Crippen LogP contribution in [0.25, 0.3) is 11.0 Å². The van der Waals surface area contributed by atoms with Crippen molar-refractivity contribution in [3.63, 3.8) is 0 Å².